The summed E-state index contributed by atoms with van der Waals surface area (Å²) in [6, 6.07) is 14.3. The van der Waals surface area contributed by atoms with Crippen molar-refractivity contribution in [1.29, 1.82) is 0 Å². The van der Waals surface area contributed by atoms with Crippen LogP contribution in [0.4, 0.5) is 0 Å². The first-order valence-electron chi connectivity index (χ1n) is 7.65. The average molecular weight is 323 g/mol. The van der Waals surface area contributed by atoms with Crippen molar-refractivity contribution in [2.45, 2.75) is 13.3 Å². The van der Waals surface area contributed by atoms with E-state index < -0.39 is 5.97 Å². The summed E-state index contributed by atoms with van der Waals surface area (Å²) in [5.41, 5.74) is 2.35. The van der Waals surface area contributed by atoms with Gasteiger partial charge >= 0.3 is 5.97 Å². The third-order valence-corrected chi connectivity index (χ3v) is 3.60. The van der Waals surface area contributed by atoms with E-state index in [2.05, 4.69) is 5.32 Å². The molecule has 0 saturated heterocycles. The Kier molecular flexibility index (Phi) is 4.61. The first-order valence-corrected chi connectivity index (χ1v) is 7.65. The zero-order valence-electron chi connectivity index (χ0n) is 13.2. The van der Waals surface area contributed by atoms with Crippen LogP contribution in [0.1, 0.15) is 22.8 Å². The van der Waals surface area contributed by atoms with Gasteiger partial charge in [-0.15, -0.1) is 0 Å². The van der Waals surface area contributed by atoms with Crippen LogP contribution in [0.15, 0.2) is 59.2 Å². The van der Waals surface area contributed by atoms with E-state index in [-0.39, 0.29) is 5.91 Å². The standard InChI is InChI=1S/C19H17NO4/c1-13(21)24-16-6-4-5-14(11-16)19(22)20-10-9-15-12-23-18-8-3-2-7-17(15)18/h2-8,11-12H,9-10H2,1H3,(H,20,22). The monoisotopic (exact) mass is 323 g/mol. The Labute approximate surface area is 139 Å². The second-order valence-electron chi connectivity index (χ2n) is 5.38. The van der Waals surface area contributed by atoms with Crippen molar-refractivity contribution >= 4 is 22.8 Å². The van der Waals surface area contributed by atoms with Gasteiger partial charge in [-0.1, -0.05) is 24.3 Å². The molecular weight excluding hydrogens is 306 g/mol. The molecule has 0 aliphatic carbocycles. The molecule has 1 N–H and O–H groups in total. The Hall–Kier alpha value is -3.08. The molecule has 3 aromatic rings. The van der Waals surface area contributed by atoms with Gasteiger partial charge in [-0.05, 0) is 36.2 Å². The van der Waals surface area contributed by atoms with Crippen molar-refractivity contribution in [3.63, 3.8) is 0 Å². The smallest absolute Gasteiger partial charge is 0.308 e. The summed E-state index contributed by atoms with van der Waals surface area (Å²) in [5.74, 6) is -0.271. The lowest BCUT2D eigenvalue weighted by Crippen LogP contribution is -2.25. The first kappa shape index (κ1) is 15.8. The highest BCUT2D eigenvalue weighted by Crippen LogP contribution is 2.20. The van der Waals surface area contributed by atoms with Crippen LogP contribution in [-0.4, -0.2) is 18.4 Å². The summed E-state index contributed by atoms with van der Waals surface area (Å²) in [7, 11) is 0. The second kappa shape index (κ2) is 7.00. The fourth-order valence-corrected chi connectivity index (χ4v) is 2.51. The molecule has 2 aromatic carbocycles. The fourth-order valence-electron chi connectivity index (χ4n) is 2.51. The number of benzene rings is 2. The summed E-state index contributed by atoms with van der Waals surface area (Å²) in [5, 5.41) is 3.92. The SMILES string of the molecule is CC(=O)Oc1cccc(C(=O)NCCc2coc3ccccc23)c1. The molecule has 1 heterocycles. The van der Waals surface area contributed by atoms with Crippen molar-refractivity contribution in [1.82, 2.24) is 5.32 Å². The van der Waals surface area contributed by atoms with Gasteiger partial charge in [-0.3, -0.25) is 9.59 Å². The summed E-state index contributed by atoms with van der Waals surface area (Å²) in [6.45, 7) is 1.81. The Morgan fingerprint density at radius 2 is 1.96 bits per heavy atom. The number of fused-ring (bicyclic) bond motifs is 1. The Morgan fingerprint density at radius 1 is 1.12 bits per heavy atom. The van der Waals surface area contributed by atoms with Crippen molar-refractivity contribution in [2.75, 3.05) is 6.54 Å². The number of para-hydroxylation sites is 1. The molecule has 0 bridgehead atoms. The van der Waals surface area contributed by atoms with Gasteiger partial charge in [0.1, 0.15) is 11.3 Å². The minimum atomic E-state index is -0.417. The van der Waals surface area contributed by atoms with Gasteiger partial charge in [-0.2, -0.15) is 0 Å². The highest BCUT2D eigenvalue weighted by Gasteiger charge is 2.09. The van der Waals surface area contributed by atoms with Gasteiger partial charge in [0, 0.05) is 24.4 Å². The number of esters is 1. The minimum Gasteiger partial charge on any atom is -0.464 e. The molecule has 0 atom stereocenters. The zero-order chi connectivity index (χ0) is 16.9. The Balaban J connectivity index is 1.60. The van der Waals surface area contributed by atoms with E-state index in [1.54, 1.807) is 30.5 Å². The average Bonchev–Trinajstić information content (AvgIpc) is 2.98. The lowest BCUT2D eigenvalue weighted by molar-refractivity contribution is -0.131. The van der Waals surface area contributed by atoms with Gasteiger partial charge in [0.05, 0.1) is 6.26 Å². The summed E-state index contributed by atoms with van der Waals surface area (Å²) in [6.07, 6.45) is 2.39. The van der Waals surface area contributed by atoms with Crippen LogP contribution >= 0.6 is 0 Å². The molecule has 0 saturated carbocycles. The van der Waals surface area contributed by atoms with Crippen LogP contribution in [0.3, 0.4) is 0 Å². The number of furan rings is 1. The van der Waals surface area contributed by atoms with Gasteiger partial charge in [-0.25, -0.2) is 0 Å². The topological polar surface area (TPSA) is 68.5 Å². The van der Waals surface area contributed by atoms with Crippen molar-refractivity contribution < 1.29 is 18.7 Å². The predicted molar refractivity (Wildman–Crippen MR) is 90.0 cm³/mol. The van der Waals surface area contributed by atoms with E-state index in [9.17, 15) is 9.59 Å². The number of carbonyl (C=O) groups is 2. The molecular formula is C19H17NO4. The van der Waals surface area contributed by atoms with Gasteiger partial charge in [0.25, 0.3) is 5.91 Å². The highest BCUT2D eigenvalue weighted by molar-refractivity contribution is 5.94. The van der Waals surface area contributed by atoms with Crippen LogP contribution in [0.2, 0.25) is 0 Å². The maximum absolute atomic E-state index is 12.2. The lowest BCUT2D eigenvalue weighted by Gasteiger charge is -2.06. The maximum Gasteiger partial charge on any atom is 0.308 e. The molecule has 0 aliphatic rings. The largest absolute Gasteiger partial charge is 0.464 e. The van der Waals surface area contributed by atoms with Crippen LogP contribution in [0.25, 0.3) is 11.0 Å². The van der Waals surface area contributed by atoms with Crippen LogP contribution in [0, 0.1) is 0 Å². The predicted octanol–water partition coefficient (Wildman–Crippen LogP) is 3.33. The summed E-state index contributed by atoms with van der Waals surface area (Å²) >= 11 is 0. The van der Waals surface area contributed by atoms with E-state index in [1.165, 1.54) is 6.92 Å². The summed E-state index contributed by atoms with van der Waals surface area (Å²) in [4.78, 5) is 23.2. The normalized spacial score (nSPS) is 10.5. The summed E-state index contributed by atoms with van der Waals surface area (Å²) < 4.78 is 10.5. The maximum atomic E-state index is 12.2. The molecule has 0 radical (unpaired) electrons. The molecule has 3 rings (SSSR count). The van der Waals surface area contributed by atoms with Crippen molar-refractivity contribution in [3.8, 4) is 5.75 Å². The van der Waals surface area contributed by atoms with E-state index in [0.717, 1.165) is 16.5 Å². The molecule has 122 valence electrons. The Morgan fingerprint density at radius 3 is 2.79 bits per heavy atom. The van der Waals surface area contributed by atoms with Crippen LogP contribution in [0.5, 0.6) is 5.75 Å². The Bertz CT molecular complexity index is 882. The molecule has 0 unspecified atom stereocenters. The molecule has 5 heteroatoms. The van der Waals surface area contributed by atoms with E-state index >= 15 is 0 Å². The van der Waals surface area contributed by atoms with E-state index in [0.29, 0.717) is 24.3 Å². The van der Waals surface area contributed by atoms with E-state index in [1.807, 2.05) is 24.3 Å². The lowest BCUT2D eigenvalue weighted by atomic mass is 10.1. The number of nitrogens with one attached hydrogen (secondary N) is 1. The molecule has 0 spiro atoms. The minimum absolute atomic E-state index is 0.211. The van der Waals surface area contributed by atoms with Crippen LogP contribution in [-0.2, 0) is 11.2 Å². The van der Waals surface area contributed by atoms with Crippen LogP contribution < -0.4 is 10.1 Å². The molecule has 1 amide bonds. The first-order chi connectivity index (χ1) is 11.6. The highest BCUT2D eigenvalue weighted by atomic mass is 16.5. The molecule has 24 heavy (non-hydrogen) atoms. The van der Waals surface area contributed by atoms with Crippen molar-refractivity contribution in [3.05, 3.63) is 65.9 Å². The molecule has 5 nitrogen and oxygen atoms in total. The third kappa shape index (κ3) is 3.63. The van der Waals surface area contributed by atoms with Gasteiger partial charge in [0.2, 0.25) is 0 Å². The van der Waals surface area contributed by atoms with Crippen molar-refractivity contribution in [2.24, 2.45) is 0 Å². The number of hydrogen-bond donors (Lipinski definition) is 1. The number of hydrogen-bond acceptors (Lipinski definition) is 4. The quantitative estimate of drug-likeness (QED) is 0.577. The zero-order valence-corrected chi connectivity index (χ0v) is 13.2. The number of amides is 1. The molecule has 0 aliphatic heterocycles. The molecule has 0 fully saturated rings. The van der Waals surface area contributed by atoms with Gasteiger partial charge in [0.15, 0.2) is 0 Å². The number of rotatable bonds is 5. The number of ether oxygens (including phenoxy) is 1. The van der Waals surface area contributed by atoms with Gasteiger partial charge < -0.3 is 14.5 Å². The molecule has 1 aromatic heterocycles. The van der Waals surface area contributed by atoms with E-state index in [4.69, 9.17) is 9.15 Å². The fraction of sp³-hybridized carbons (Fsp3) is 0.158. The third-order valence-electron chi connectivity index (χ3n) is 3.60. The second-order valence-corrected chi connectivity index (χ2v) is 5.38. The number of carbonyl (C=O) groups excluding carboxylic acids is 2.